The number of hydrogen-bond donors (Lipinski definition) is 0. The summed E-state index contributed by atoms with van der Waals surface area (Å²) in [6, 6.07) is 18.8. The highest BCUT2D eigenvalue weighted by atomic mass is 35.5. The number of allylic oxidation sites excluding steroid dienone is 1. The summed E-state index contributed by atoms with van der Waals surface area (Å²) in [7, 11) is 0. The van der Waals surface area contributed by atoms with E-state index in [2.05, 4.69) is 4.90 Å². The van der Waals surface area contributed by atoms with Gasteiger partial charge in [0.05, 0.1) is 11.1 Å². The number of hydrogen-bond acceptors (Lipinski definition) is 4. The van der Waals surface area contributed by atoms with Crippen molar-refractivity contribution in [3.05, 3.63) is 98.7 Å². The second kappa shape index (κ2) is 8.39. The molecule has 3 aromatic carbocycles. The maximum Gasteiger partial charge on any atom is 0.231 e. The van der Waals surface area contributed by atoms with Crippen LogP contribution in [0.5, 0.6) is 11.5 Å². The van der Waals surface area contributed by atoms with Crippen molar-refractivity contribution >= 4 is 35.1 Å². The summed E-state index contributed by atoms with van der Waals surface area (Å²) in [6.07, 6.45) is 2.62. The van der Waals surface area contributed by atoms with Gasteiger partial charge in [-0.25, -0.2) is 0 Å². The largest absolute Gasteiger partial charge is 0.478 e. The highest BCUT2D eigenvalue weighted by Gasteiger charge is 2.33. The van der Waals surface area contributed by atoms with Gasteiger partial charge < -0.3 is 9.47 Å². The highest BCUT2D eigenvalue weighted by molar-refractivity contribution is 6.30. The lowest BCUT2D eigenvalue weighted by atomic mass is 10.0. The molecule has 0 bridgehead atoms. The molecular weight excluding hydrogens is 433 g/mol. The number of Topliss-reactive ketones (excluding diaryl/α,β-unsaturated/α-hetero) is 1. The Morgan fingerprint density at radius 3 is 2.39 bits per heavy atom. The minimum absolute atomic E-state index is 0.119. The van der Waals surface area contributed by atoms with Crippen LogP contribution in [0.1, 0.15) is 27.0 Å². The average Bonchev–Trinajstić information content (AvgIpc) is 3.10. The first kappa shape index (κ1) is 20.1. The Kier molecular flexibility index (Phi) is 5.45. The molecule has 0 fully saturated rings. The molecule has 156 valence electrons. The fourth-order valence-electron chi connectivity index (χ4n) is 3.80. The van der Waals surface area contributed by atoms with Crippen molar-refractivity contribution in [3.8, 4) is 11.5 Å². The minimum atomic E-state index is -0.119. The number of rotatable bonds is 4. The molecule has 4 nitrogen and oxygen atoms in total. The van der Waals surface area contributed by atoms with E-state index in [4.69, 9.17) is 32.7 Å². The van der Waals surface area contributed by atoms with Crippen molar-refractivity contribution in [1.82, 2.24) is 4.90 Å². The van der Waals surface area contributed by atoms with E-state index in [0.29, 0.717) is 35.4 Å². The van der Waals surface area contributed by atoms with Gasteiger partial charge in [-0.2, -0.15) is 0 Å². The first-order valence-corrected chi connectivity index (χ1v) is 10.8. The number of ether oxygens (including phenoxy) is 2. The fourth-order valence-corrected chi connectivity index (χ4v) is 4.05. The van der Waals surface area contributed by atoms with Gasteiger partial charge in [0.1, 0.15) is 18.2 Å². The second-order valence-electron chi connectivity index (χ2n) is 7.61. The lowest BCUT2D eigenvalue weighted by Gasteiger charge is -2.29. The van der Waals surface area contributed by atoms with Gasteiger partial charge in [-0.3, -0.25) is 9.69 Å². The van der Waals surface area contributed by atoms with Crippen LogP contribution in [0, 0.1) is 0 Å². The third kappa shape index (κ3) is 4.19. The van der Waals surface area contributed by atoms with E-state index >= 15 is 0 Å². The summed E-state index contributed by atoms with van der Waals surface area (Å²) >= 11 is 11.9. The average molecular weight is 452 g/mol. The molecule has 0 unspecified atom stereocenters. The van der Waals surface area contributed by atoms with Crippen LogP contribution in [0.25, 0.3) is 6.08 Å². The summed E-state index contributed by atoms with van der Waals surface area (Å²) in [4.78, 5) is 15.1. The predicted octanol–water partition coefficient (Wildman–Crippen LogP) is 6.00. The molecule has 3 aromatic rings. The summed E-state index contributed by atoms with van der Waals surface area (Å²) < 4.78 is 12.0. The molecule has 0 N–H and O–H groups in total. The number of benzene rings is 3. The fraction of sp³-hybridized carbons (Fsp3) is 0.160. The van der Waals surface area contributed by atoms with E-state index in [9.17, 15) is 4.79 Å². The van der Waals surface area contributed by atoms with Crippen molar-refractivity contribution in [2.45, 2.75) is 13.0 Å². The molecule has 31 heavy (non-hydrogen) atoms. The number of halogens is 2. The van der Waals surface area contributed by atoms with Crippen LogP contribution >= 0.6 is 23.2 Å². The predicted molar refractivity (Wildman–Crippen MR) is 122 cm³/mol. The number of fused-ring (bicyclic) bond motifs is 3. The highest BCUT2D eigenvalue weighted by Crippen LogP contribution is 2.42. The quantitative estimate of drug-likeness (QED) is 0.455. The summed E-state index contributed by atoms with van der Waals surface area (Å²) in [5, 5.41) is 1.38. The van der Waals surface area contributed by atoms with Crippen LogP contribution in [0.4, 0.5) is 0 Å². The molecule has 0 aliphatic carbocycles. The molecule has 0 spiro atoms. The molecule has 0 aromatic heterocycles. The first-order chi connectivity index (χ1) is 15.1. The zero-order chi connectivity index (χ0) is 21.4. The third-order valence-electron chi connectivity index (χ3n) is 5.48. The van der Waals surface area contributed by atoms with Gasteiger partial charge in [0.25, 0.3) is 0 Å². The minimum Gasteiger partial charge on any atom is -0.478 e. The Balaban J connectivity index is 1.35. The summed E-state index contributed by atoms with van der Waals surface area (Å²) in [6.45, 7) is 1.99. The van der Waals surface area contributed by atoms with Crippen LogP contribution in [0.3, 0.4) is 0 Å². The monoisotopic (exact) mass is 451 g/mol. The van der Waals surface area contributed by atoms with E-state index in [-0.39, 0.29) is 5.78 Å². The Morgan fingerprint density at radius 1 is 0.935 bits per heavy atom. The number of carbonyl (C=O) groups is 1. The Morgan fingerprint density at radius 2 is 1.65 bits per heavy atom. The molecule has 2 heterocycles. The van der Waals surface area contributed by atoms with Crippen molar-refractivity contribution < 1.29 is 14.3 Å². The van der Waals surface area contributed by atoms with Gasteiger partial charge in [-0.1, -0.05) is 47.5 Å². The van der Waals surface area contributed by atoms with Crippen LogP contribution in [0.15, 0.2) is 66.4 Å². The van der Waals surface area contributed by atoms with Gasteiger partial charge >= 0.3 is 0 Å². The van der Waals surface area contributed by atoms with Gasteiger partial charge in [-0.15, -0.1) is 0 Å². The number of carbonyl (C=O) groups excluding carboxylic acids is 1. The molecule has 0 amide bonds. The van der Waals surface area contributed by atoms with Crippen LogP contribution in [0.2, 0.25) is 10.0 Å². The van der Waals surface area contributed by atoms with E-state index in [1.807, 2.05) is 42.5 Å². The van der Waals surface area contributed by atoms with Gasteiger partial charge in [-0.05, 0) is 60.0 Å². The molecule has 6 heteroatoms. The van der Waals surface area contributed by atoms with Crippen LogP contribution in [-0.2, 0) is 13.0 Å². The van der Waals surface area contributed by atoms with Crippen molar-refractivity contribution in [3.63, 3.8) is 0 Å². The van der Waals surface area contributed by atoms with Gasteiger partial charge in [0.2, 0.25) is 5.78 Å². The molecule has 0 radical (unpaired) electrons. The van der Waals surface area contributed by atoms with Crippen molar-refractivity contribution in [1.29, 1.82) is 0 Å². The Hall–Kier alpha value is -2.79. The second-order valence-corrected chi connectivity index (χ2v) is 8.49. The number of nitrogens with zero attached hydrogens (tertiary/aromatic N) is 1. The standard InChI is InChI=1S/C25H19Cl2NO3/c26-18-5-1-16(2-6-18)11-12-28-14-21-22(30-15-28)10-9-20-24(29)23(31-25(20)21)13-17-3-7-19(27)8-4-17/h1-10,13H,11-12,14-15H2/b23-13-. The van der Waals surface area contributed by atoms with Gasteiger partial charge in [0.15, 0.2) is 5.76 Å². The van der Waals surface area contributed by atoms with Gasteiger partial charge in [0, 0.05) is 23.1 Å². The molecule has 2 aliphatic heterocycles. The maximum atomic E-state index is 12.9. The summed E-state index contributed by atoms with van der Waals surface area (Å²) in [5.41, 5.74) is 3.55. The molecular formula is C25H19Cl2NO3. The zero-order valence-corrected chi connectivity index (χ0v) is 18.1. The molecule has 0 saturated heterocycles. The topological polar surface area (TPSA) is 38.8 Å². The molecule has 2 aliphatic rings. The van der Waals surface area contributed by atoms with Crippen molar-refractivity contribution in [2.24, 2.45) is 0 Å². The smallest absolute Gasteiger partial charge is 0.231 e. The lowest BCUT2D eigenvalue weighted by molar-refractivity contribution is 0.0950. The molecule has 5 rings (SSSR count). The number of ketones is 1. The van der Waals surface area contributed by atoms with E-state index < -0.39 is 0 Å². The molecule has 0 saturated carbocycles. The normalized spacial score (nSPS) is 16.6. The summed E-state index contributed by atoms with van der Waals surface area (Å²) in [5.74, 6) is 1.55. The van der Waals surface area contributed by atoms with E-state index in [1.165, 1.54) is 5.56 Å². The van der Waals surface area contributed by atoms with E-state index in [0.717, 1.165) is 34.9 Å². The lowest BCUT2D eigenvalue weighted by Crippen LogP contribution is -2.33. The van der Waals surface area contributed by atoms with Crippen LogP contribution in [-0.4, -0.2) is 24.0 Å². The SMILES string of the molecule is O=C1/C(=C/c2ccc(Cl)cc2)Oc2c1ccc1c2CN(CCc2ccc(Cl)cc2)CO1. The van der Waals surface area contributed by atoms with E-state index in [1.54, 1.807) is 24.3 Å². The first-order valence-electron chi connectivity index (χ1n) is 10.0. The maximum absolute atomic E-state index is 12.9. The Labute approximate surface area is 190 Å². The zero-order valence-electron chi connectivity index (χ0n) is 16.6. The molecule has 0 atom stereocenters. The van der Waals surface area contributed by atoms with Crippen molar-refractivity contribution in [2.75, 3.05) is 13.3 Å². The third-order valence-corrected chi connectivity index (χ3v) is 5.98. The Bertz CT molecular complexity index is 1170. The van der Waals surface area contributed by atoms with Crippen LogP contribution < -0.4 is 9.47 Å².